The summed E-state index contributed by atoms with van der Waals surface area (Å²) >= 11 is 1.83. The normalized spacial score (nSPS) is 10.5. The number of nitrogen functional groups attached to an aromatic ring is 1. The Bertz CT molecular complexity index is 500. The van der Waals surface area contributed by atoms with Crippen molar-refractivity contribution < 1.29 is 0 Å². The van der Waals surface area contributed by atoms with E-state index in [1.165, 1.54) is 21.6 Å². The molecule has 0 saturated heterocycles. The quantitative estimate of drug-likeness (QED) is 0.646. The van der Waals surface area contributed by atoms with Gasteiger partial charge in [-0.15, -0.1) is 11.8 Å². The second kappa shape index (κ2) is 5.28. The third-order valence-electron chi connectivity index (χ3n) is 2.56. The number of benzene rings is 2. The van der Waals surface area contributed by atoms with Crippen LogP contribution in [0.3, 0.4) is 0 Å². The van der Waals surface area contributed by atoms with Crippen molar-refractivity contribution in [3.63, 3.8) is 0 Å². The zero-order chi connectivity index (χ0) is 12.3. The van der Waals surface area contributed by atoms with Crippen molar-refractivity contribution in [3.05, 3.63) is 59.2 Å². The molecule has 1 nitrogen and oxygen atoms in total. The SMILES string of the molecule is Cc1cccc(CSc2cc(C)cc(N)c2)c1. The van der Waals surface area contributed by atoms with Crippen LogP contribution < -0.4 is 5.73 Å². The second-order valence-electron chi connectivity index (χ2n) is 4.36. The van der Waals surface area contributed by atoms with Gasteiger partial charge in [-0.2, -0.15) is 0 Å². The summed E-state index contributed by atoms with van der Waals surface area (Å²) in [5.74, 6) is 0.991. The second-order valence-corrected chi connectivity index (χ2v) is 5.41. The monoisotopic (exact) mass is 243 g/mol. The zero-order valence-corrected chi connectivity index (χ0v) is 11.1. The van der Waals surface area contributed by atoms with Crippen LogP contribution in [-0.4, -0.2) is 0 Å². The van der Waals surface area contributed by atoms with E-state index in [1.807, 2.05) is 23.9 Å². The molecule has 0 saturated carbocycles. The van der Waals surface area contributed by atoms with E-state index < -0.39 is 0 Å². The molecule has 0 aliphatic carbocycles. The minimum absolute atomic E-state index is 0.844. The van der Waals surface area contributed by atoms with Crippen molar-refractivity contribution in [1.82, 2.24) is 0 Å². The lowest BCUT2D eigenvalue weighted by Crippen LogP contribution is -1.87. The van der Waals surface area contributed by atoms with E-state index in [0.717, 1.165) is 11.4 Å². The average Bonchev–Trinajstić information content (AvgIpc) is 2.25. The van der Waals surface area contributed by atoms with Crippen molar-refractivity contribution in [2.24, 2.45) is 0 Å². The number of aryl methyl sites for hydroxylation is 2. The molecule has 0 bridgehead atoms. The molecule has 88 valence electrons. The van der Waals surface area contributed by atoms with Gasteiger partial charge in [0.15, 0.2) is 0 Å². The van der Waals surface area contributed by atoms with Crippen LogP contribution in [-0.2, 0) is 5.75 Å². The van der Waals surface area contributed by atoms with Crippen LogP contribution in [0.1, 0.15) is 16.7 Å². The number of hydrogen-bond donors (Lipinski definition) is 1. The van der Waals surface area contributed by atoms with Crippen molar-refractivity contribution in [2.75, 3.05) is 5.73 Å². The fourth-order valence-electron chi connectivity index (χ4n) is 1.83. The van der Waals surface area contributed by atoms with Crippen LogP contribution in [0.15, 0.2) is 47.4 Å². The number of thioether (sulfide) groups is 1. The van der Waals surface area contributed by atoms with Crippen LogP contribution in [0, 0.1) is 13.8 Å². The van der Waals surface area contributed by atoms with Crippen molar-refractivity contribution in [1.29, 1.82) is 0 Å². The molecule has 2 aromatic rings. The predicted molar refractivity (Wildman–Crippen MR) is 76.3 cm³/mol. The van der Waals surface area contributed by atoms with Crippen molar-refractivity contribution in [2.45, 2.75) is 24.5 Å². The maximum atomic E-state index is 5.84. The molecule has 0 aliphatic rings. The lowest BCUT2D eigenvalue weighted by atomic mass is 10.2. The maximum Gasteiger partial charge on any atom is 0.0327 e. The van der Waals surface area contributed by atoms with Crippen LogP contribution in [0.5, 0.6) is 0 Å². The summed E-state index contributed by atoms with van der Waals surface area (Å²) in [4.78, 5) is 1.24. The summed E-state index contributed by atoms with van der Waals surface area (Å²) in [6.45, 7) is 4.20. The highest BCUT2D eigenvalue weighted by Gasteiger charge is 1.99. The molecule has 0 aliphatic heterocycles. The zero-order valence-electron chi connectivity index (χ0n) is 10.2. The van der Waals surface area contributed by atoms with E-state index in [9.17, 15) is 0 Å². The molecular weight excluding hydrogens is 226 g/mol. The minimum Gasteiger partial charge on any atom is -0.399 e. The van der Waals surface area contributed by atoms with Crippen LogP contribution >= 0.6 is 11.8 Å². The van der Waals surface area contributed by atoms with E-state index >= 15 is 0 Å². The van der Waals surface area contributed by atoms with Gasteiger partial charge in [0.05, 0.1) is 0 Å². The third-order valence-corrected chi connectivity index (χ3v) is 3.61. The Hall–Kier alpha value is -1.41. The Morgan fingerprint density at radius 1 is 1.00 bits per heavy atom. The lowest BCUT2D eigenvalue weighted by Gasteiger charge is -2.05. The topological polar surface area (TPSA) is 26.0 Å². The first kappa shape index (κ1) is 12.1. The van der Waals surface area contributed by atoms with Gasteiger partial charge >= 0.3 is 0 Å². The number of anilines is 1. The van der Waals surface area contributed by atoms with Gasteiger partial charge in [0, 0.05) is 16.3 Å². The molecule has 2 N–H and O–H groups in total. The van der Waals surface area contributed by atoms with Crippen LogP contribution in [0.4, 0.5) is 5.69 Å². The molecule has 0 unspecified atom stereocenters. The Morgan fingerprint density at radius 2 is 1.82 bits per heavy atom. The minimum atomic E-state index is 0.844. The van der Waals surface area contributed by atoms with Crippen molar-refractivity contribution >= 4 is 17.4 Å². The largest absolute Gasteiger partial charge is 0.399 e. The highest BCUT2D eigenvalue weighted by molar-refractivity contribution is 7.98. The molecule has 2 heteroatoms. The van der Waals surface area contributed by atoms with Gasteiger partial charge in [-0.3, -0.25) is 0 Å². The van der Waals surface area contributed by atoms with Crippen LogP contribution in [0.25, 0.3) is 0 Å². The summed E-state index contributed by atoms with van der Waals surface area (Å²) in [7, 11) is 0. The maximum absolute atomic E-state index is 5.84. The van der Waals surface area contributed by atoms with E-state index in [4.69, 9.17) is 5.73 Å². The van der Waals surface area contributed by atoms with E-state index in [0.29, 0.717) is 0 Å². The van der Waals surface area contributed by atoms with Gasteiger partial charge in [0.25, 0.3) is 0 Å². The Balaban J connectivity index is 2.07. The highest BCUT2D eigenvalue weighted by atomic mass is 32.2. The Kier molecular flexibility index (Phi) is 3.75. The highest BCUT2D eigenvalue weighted by Crippen LogP contribution is 2.26. The van der Waals surface area contributed by atoms with Gasteiger partial charge < -0.3 is 5.73 Å². The average molecular weight is 243 g/mol. The van der Waals surface area contributed by atoms with Gasteiger partial charge in [-0.1, -0.05) is 29.8 Å². The fourth-order valence-corrected chi connectivity index (χ4v) is 2.83. The smallest absolute Gasteiger partial charge is 0.0327 e. The molecule has 0 spiro atoms. The molecular formula is C15H17NS. The van der Waals surface area contributed by atoms with E-state index in [-0.39, 0.29) is 0 Å². The predicted octanol–water partition coefficient (Wildman–Crippen LogP) is 4.18. The summed E-state index contributed by atoms with van der Waals surface area (Å²) in [5.41, 5.74) is 10.6. The molecule has 0 aromatic heterocycles. The molecule has 2 rings (SSSR count). The summed E-state index contributed by atoms with van der Waals surface area (Å²) in [6, 6.07) is 14.8. The van der Waals surface area contributed by atoms with Gasteiger partial charge in [-0.25, -0.2) is 0 Å². The number of hydrogen-bond acceptors (Lipinski definition) is 2. The van der Waals surface area contributed by atoms with Gasteiger partial charge in [0.2, 0.25) is 0 Å². The van der Waals surface area contributed by atoms with E-state index in [1.54, 1.807) is 0 Å². The Labute approximate surface area is 107 Å². The molecule has 0 fully saturated rings. The fraction of sp³-hybridized carbons (Fsp3) is 0.200. The molecule has 0 radical (unpaired) electrons. The number of nitrogens with two attached hydrogens (primary N) is 1. The Morgan fingerprint density at radius 3 is 2.53 bits per heavy atom. The summed E-state index contributed by atoms with van der Waals surface area (Å²) in [5, 5.41) is 0. The molecule has 17 heavy (non-hydrogen) atoms. The first-order chi connectivity index (χ1) is 8.13. The first-order valence-electron chi connectivity index (χ1n) is 5.69. The van der Waals surface area contributed by atoms with Crippen molar-refractivity contribution in [3.8, 4) is 0 Å². The molecule has 2 aromatic carbocycles. The first-order valence-corrected chi connectivity index (χ1v) is 6.67. The van der Waals surface area contributed by atoms with E-state index in [2.05, 4.69) is 44.2 Å². The third kappa shape index (κ3) is 3.53. The molecule has 0 heterocycles. The standard InChI is InChI=1S/C15H17NS/c1-11-4-3-5-13(6-11)10-17-15-8-12(2)7-14(16)9-15/h3-9H,10,16H2,1-2H3. The van der Waals surface area contributed by atoms with Gasteiger partial charge in [0.1, 0.15) is 0 Å². The summed E-state index contributed by atoms with van der Waals surface area (Å²) < 4.78 is 0. The molecule has 0 atom stereocenters. The number of rotatable bonds is 3. The lowest BCUT2D eigenvalue weighted by molar-refractivity contribution is 1.32. The molecule has 0 amide bonds. The van der Waals surface area contributed by atoms with Crippen LogP contribution in [0.2, 0.25) is 0 Å². The summed E-state index contributed by atoms with van der Waals surface area (Å²) in [6.07, 6.45) is 0. The van der Waals surface area contributed by atoms with Gasteiger partial charge in [-0.05, 0) is 43.2 Å².